The molecule has 3 aromatic rings. The van der Waals surface area contributed by atoms with Crippen LogP contribution in [0.1, 0.15) is 34.0 Å². The van der Waals surface area contributed by atoms with Crippen LogP contribution in [-0.4, -0.2) is 29.6 Å². The second-order valence-electron chi connectivity index (χ2n) is 8.75. The van der Waals surface area contributed by atoms with Gasteiger partial charge in [0, 0.05) is 11.4 Å². The monoisotopic (exact) mass is 525 g/mol. The van der Waals surface area contributed by atoms with Gasteiger partial charge in [0.1, 0.15) is 16.7 Å². The molecule has 0 bridgehead atoms. The van der Waals surface area contributed by atoms with Crippen molar-refractivity contribution in [3.05, 3.63) is 106 Å². The molecule has 7 nitrogen and oxygen atoms in total. The number of aryl methyl sites for hydroxylation is 2. The zero-order chi connectivity index (χ0) is 27.2. The van der Waals surface area contributed by atoms with Crippen LogP contribution in [0.4, 0.5) is 11.4 Å². The van der Waals surface area contributed by atoms with Crippen LogP contribution in [0.5, 0.6) is 0 Å². The third-order valence-corrected chi connectivity index (χ3v) is 7.39. The third kappa shape index (κ3) is 5.63. The van der Waals surface area contributed by atoms with E-state index in [1.54, 1.807) is 55.5 Å². The molecule has 38 heavy (non-hydrogen) atoms. The highest BCUT2D eigenvalue weighted by molar-refractivity contribution is 8.05. The van der Waals surface area contributed by atoms with Gasteiger partial charge in [-0.25, -0.2) is 4.79 Å². The molecule has 0 saturated carbocycles. The second-order valence-corrected chi connectivity index (χ2v) is 9.94. The van der Waals surface area contributed by atoms with Crippen molar-refractivity contribution in [2.75, 3.05) is 16.8 Å². The molecule has 1 saturated heterocycles. The molecule has 4 rings (SSSR count). The lowest BCUT2D eigenvalue weighted by atomic mass is 10.1. The Balaban J connectivity index is 1.67. The average Bonchev–Trinajstić information content (AvgIpc) is 3.23. The Morgan fingerprint density at radius 1 is 1.00 bits per heavy atom. The van der Waals surface area contributed by atoms with Gasteiger partial charge in [0.15, 0.2) is 0 Å². The molecular formula is C30H27N3O4S. The summed E-state index contributed by atoms with van der Waals surface area (Å²) in [7, 11) is 0. The van der Waals surface area contributed by atoms with Crippen molar-refractivity contribution in [2.45, 2.75) is 32.4 Å². The van der Waals surface area contributed by atoms with E-state index in [4.69, 9.17) is 4.74 Å². The Morgan fingerprint density at radius 3 is 2.26 bits per heavy atom. The number of nitriles is 1. The van der Waals surface area contributed by atoms with Gasteiger partial charge in [0.25, 0.3) is 5.91 Å². The number of hydrogen-bond acceptors (Lipinski definition) is 6. The van der Waals surface area contributed by atoms with Crippen molar-refractivity contribution in [1.82, 2.24) is 0 Å². The van der Waals surface area contributed by atoms with Crippen LogP contribution in [0.25, 0.3) is 0 Å². The van der Waals surface area contributed by atoms with Gasteiger partial charge in [-0.2, -0.15) is 5.26 Å². The largest absolute Gasteiger partial charge is 0.462 e. The average molecular weight is 526 g/mol. The SMILES string of the molecule is CCOC(=O)c1ccc(C[C@@H]2S/C(=C(\C#N)C(=O)Nc3c(C)cccc3C)N(c3ccccc3)C2=O)cc1. The van der Waals surface area contributed by atoms with E-state index in [2.05, 4.69) is 5.32 Å². The zero-order valence-electron chi connectivity index (χ0n) is 21.4. The highest BCUT2D eigenvalue weighted by Crippen LogP contribution is 2.42. The Bertz CT molecular complexity index is 1420. The Hall–Kier alpha value is -4.35. The fourth-order valence-corrected chi connectivity index (χ4v) is 5.50. The van der Waals surface area contributed by atoms with Crippen molar-refractivity contribution in [3.8, 4) is 6.07 Å². The van der Waals surface area contributed by atoms with Gasteiger partial charge in [-0.3, -0.25) is 14.5 Å². The topological polar surface area (TPSA) is 99.5 Å². The number of anilines is 2. The molecule has 3 aromatic carbocycles. The first-order chi connectivity index (χ1) is 18.3. The number of para-hydroxylation sites is 2. The summed E-state index contributed by atoms with van der Waals surface area (Å²) in [6.07, 6.45) is 0.358. The summed E-state index contributed by atoms with van der Waals surface area (Å²) in [5.74, 6) is -1.20. The molecule has 0 aliphatic carbocycles. The quantitative estimate of drug-likeness (QED) is 0.247. The zero-order valence-corrected chi connectivity index (χ0v) is 22.2. The predicted molar refractivity (Wildman–Crippen MR) is 149 cm³/mol. The van der Waals surface area contributed by atoms with Crippen LogP contribution in [0.2, 0.25) is 0 Å². The number of ether oxygens (including phenoxy) is 1. The van der Waals surface area contributed by atoms with Crippen molar-refractivity contribution in [2.24, 2.45) is 0 Å². The van der Waals surface area contributed by atoms with Crippen molar-refractivity contribution in [1.29, 1.82) is 5.26 Å². The molecule has 1 aliphatic rings. The molecule has 1 atom stereocenters. The molecule has 0 spiro atoms. The summed E-state index contributed by atoms with van der Waals surface area (Å²) in [5.41, 5.74) is 4.12. The van der Waals surface area contributed by atoms with Gasteiger partial charge in [-0.1, -0.05) is 60.3 Å². The van der Waals surface area contributed by atoms with E-state index in [1.165, 1.54) is 16.7 Å². The lowest BCUT2D eigenvalue weighted by molar-refractivity contribution is -0.117. The van der Waals surface area contributed by atoms with Crippen LogP contribution in [0.3, 0.4) is 0 Å². The molecule has 1 N–H and O–H groups in total. The van der Waals surface area contributed by atoms with Crippen molar-refractivity contribution >= 4 is 40.9 Å². The van der Waals surface area contributed by atoms with Gasteiger partial charge in [0.05, 0.1) is 17.4 Å². The van der Waals surface area contributed by atoms with E-state index in [9.17, 15) is 19.6 Å². The van der Waals surface area contributed by atoms with E-state index in [-0.39, 0.29) is 18.1 Å². The van der Waals surface area contributed by atoms with Crippen LogP contribution in [0, 0.1) is 25.2 Å². The predicted octanol–water partition coefficient (Wildman–Crippen LogP) is 5.55. The van der Waals surface area contributed by atoms with Gasteiger partial charge in [0.2, 0.25) is 5.91 Å². The molecule has 1 aliphatic heterocycles. The number of nitrogens with one attached hydrogen (secondary N) is 1. The number of hydrogen-bond donors (Lipinski definition) is 1. The maximum atomic E-state index is 13.6. The van der Waals surface area contributed by atoms with Crippen LogP contribution in [0.15, 0.2) is 83.4 Å². The number of benzene rings is 3. The number of carbonyl (C=O) groups is 3. The summed E-state index contributed by atoms with van der Waals surface area (Å²) in [6.45, 7) is 5.80. The Kier molecular flexibility index (Phi) is 8.29. The van der Waals surface area contributed by atoms with Crippen molar-refractivity contribution in [3.63, 3.8) is 0 Å². The van der Waals surface area contributed by atoms with E-state index in [0.717, 1.165) is 16.7 Å². The molecule has 1 heterocycles. The van der Waals surface area contributed by atoms with E-state index in [0.29, 0.717) is 28.4 Å². The number of carbonyl (C=O) groups excluding carboxylic acids is 3. The summed E-state index contributed by atoms with van der Waals surface area (Å²) in [4.78, 5) is 40.4. The molecule has 1 fully saturated rings. The van der Waals surface area contributed by atoms with Gasteiger partial charge in [-0.15, -0.1) is 0 Å². The molecule has 0 radical (unpaired) electrons. The highest BCUT2D eigenvalue weighted by Gasteiger charge is 2.40. The van der Waals surface area contributed by atoms with Gasteiger partial charge >= 0.3 is 5.97 Å². The Morgan fingerprint density at radius 2 is 1.66 bits per heavy atom. The van der Waals surface area contributed by atoms with Gasteiger partial charge in [-0.05, 0) is 68.1 Å². The molecule has 192 valence electrons. The standard InChI is InChI=1S/C30H27N3O4S/c1-4-37-30(36)22-15-13-21(14-16-22)17-25-28(35)33(23-11-6-5-7-12-23)29(38-25)24(18-31)27(34)32-26-19(2)9-8-10-20(26)3/h5-16,25H,4,17H2,1-3H3,(H,32,34)/b29-24+/t25-/m0/s1. The number of esters is 1. The summed E-state index contributed by atoms with van der Waals surface area (Å²) in [6, 6.07) is 23.6. The van der Waals surface area contributed by atoms with Crippen LogP contribution >= 0.6 is 11.8 Å². The van der Waals surface area contributed by atoms with E-state index in [1.807, 2.05) is 44.2 Å². The smallest absolute Gasteiger partial charge is 0.338 e. The normalized spacial score (nSPS) is 16.1. The molecule has 0 aromatic heterocycles. The second kappa shape index (κ2) is 11.8. The maximum Gasteiger partial charge on any atom is 0.338 e. The Labute approximate surface area is 226 Å². The first-order valence-electron chi connectivity index (χ1n) is 12.2. The maximum absolute atomic E-state index is 13.6. The van der Waals surface area contributed by atoms with E-state index < -0.39 is 17.1 Å². The molecular weight excluding hydrogens is 498 g/mol. The molecule has 2 amide bonds. The number of thioether (sulfide) groups is 1. The lowest BCUT2D eigenvalue weighted by Gasteiger charge is -2.19. The minimum atomic E-state index is -0.569. The third-order valence-electron chi connectivity index (χ3n) is 6.13. The first kappa shape index (κ1) is 26.7. The summed E-state index contributed by atoms with van der Waals surface area (Å²) < 4.78 is 5.04. The number of rotatable bonds is 7. The summed E-state index contributed by atoms with van der Waals surface area (Å²) >= 11 is 1.20. The van der Waals surface area contributed by atoms with Gasteiger partial charge < -0.3 is 10.1 Å². The molecule has 8 heteroatoms. The number of amides is 2. The minimum absolute atomic E-state index is 0.130. The minimum Gasteiger partial charge on any atom is -0.462 e. The highest BCUT2D eigenvalue weighted by atomic mass is 32.2. The lowest BCUT2D eigenvalue weighted by Crippen LogP contribution is -2.31. The molecule has 0 unspecified atom stereocenters. The van der Waals surface area contributed by atoms with Crippen molar-refractivity contribution < 1.29 is 19.1 Å². The summed E-state index contributed by atoms with van der Waals surface area (Å²) in [5, 5.41) is 12.7. The van der Waals surface area contributed by atoms with E-state index >= 15 is 0 Å². The first-order valence-corrected chi connectivity index (χ1v) is 13.1. The fourth-order valence-electron chi connectivity index (χ4n) is 4.19. The number of nitrogens with zero attached hydrogens (tertiary/aromatic N) is 2. The fraction of sp³-hybridized carbons (Fsp3) is 0.200. The van der Waals surface area contributed by atoms with Crippen LogP contribution < -0.4 is 10.2 Å². The van der Waals surface area contributed by atoms with Crippen LogP contribution in [-0.2, 0) is 20.7 Å².